The van der Waals surface area contributed by atoms with Crippen LogP contribution in [0.15, 0.2) is 17.3 Å². The van der Waals surface area contributed by atoms with Gasteiger partial charge in [-0.3, -0.25) is 4.52 Å². The van der Waals surface area contributed by atoms with Gasteiger partial charge in [-0.25, -0.2) is 4.57 Å². The lowest BCUT2D eigenvalue weighted by Gasteiger charge is -2.15. The minimum absolute atomic E-state index is 0.543. The predicted molar refractivity (Wildman–Crippen MR) is 107 cm³/mol. The van der Waals surface area contributed by atoms with Gasteiger partial charge in [-0.15, -0.1) is 0 Å². The van der Waals surface area contributed by atoms with Gasteiger partial charge in [0.25, 0.3) is 0 Å². The van der Waals surface area contributed by atoms with Gasteiger partial charge < -0.3 is 14.9 Å². The van der Waals surface area contributed by atoms with Gasteiger partial charge in [-0.2, -0.15) is 0 Å². The van der Waals surface area contributed by atoms with Crippen molar-refractivity contribution in [3.05, 3.63) is 22.6 Å². The van der Waals surface area contributed by atoms with E-state index < -0.39 is 26.6 Å². The average molecular weight is 405 g/mol. The number of rotatable bonds is 18. The fourth-order valence-electron chi connectivity index (χ4n) is 2.73. The van der Waals surface area contributed by atoms with Crippen molar-refractivity contribution >= 4 is 7.82 Å². The minimum atomic E-state index is -4.66. The number of aliphatic hydroxyl groups is 1. The first-order valence-electron chi connectivity index (χ1n) is 9.99. The molecule has 0 unspecified atom stereocenters. The van der Waals surface area contributed by atoms with E-state index in [2.05, 4.69) is 21.5 Å². The zero-order chi connectivity index (χ0) is 20.4. The third-order valence-electron chi connectivity index (χ3n) is 4.32. The minimum Gasteiger partial charge on any atom is -0.389 e. The first kappa shape index (κ1) is 26.1. The van der Waals surface area contributed by atoms with Crippen LogP contribution in [-0.2, 0) is 9.09 Å². The van der Waals surface area contributed by atoms with Crippen molar-refractivity contribution in [2.24, 2.45) is 5.11 Å². The fourth-order valence-corrected chi connectivity index (χ4v) is 3.08. The van der Waals surface area contributed by atoms with Gasteiger partial charge >= 0.3 is 7.82 Å². The molecule has 0 radical (unpaired) electrons. The van der Waals surface area contributed by atoms with E-state index in [4.69, 9.17) is 15.3 Å². The van der Waals surface area contributed by atoms with E-state index in [1.165, 1.54) is 63.9 Å². The second kappa shape index (κ2) is 17.2. The van der Waals surface area contributed by atoms with Crippen molar-refractivity contribution in [3.63, 3.8) is 0 Å². The largest absolute Gasteiger partial charge is 0.469 e. The summed E-state index contributed by atoms with van der Waals surface area (Å²) in [4.78, 5) is 19.9. The lowest BCUT2D eigenvalue weighted by Crippen LogP contribution is -2.26. The van der Waals surface area contributed by atoms with Gasteiger partial charge in [0, 0.05) is 4.91 Å². The zero-order valence-electron chi connectivity index (χ0n) is 16.4. The molecule has 0 aromatic rings. The number of unbranched alkanes of at least 4 members (excludes halogenated alkanes) is 11. The van der Waals surface area contributed by atoms with Gasteiger partial charge in [0.05, 0.1) is 18.8 Å². The molecule has 0 heterocycles. The Morgan fingerprint density at radius 1 is 1.04 bits per heavy atom. The Morgan fingerprint density at radius 3 is 2.04 bits per heavy atom. The standard InChI is InChI=1S/C18H36N3O5P/c1-2-3-4-5-6-7-8-9-10-11-12-13-14-15-18(22)17(20-21-19)16-26-27(23,24)25/h14-15,17-18,22H,2-13,16H2,1H3,(H2,23,24,25)/b15-14+/t17-,18+/m1/s1. The molecule has 0 aliphatic rings. The van der Waals surface area contributed by atoms with E-state index in [1.54, 1.807) is 6.08 Å². The molecule has 0 rings (SSSR count). The molecule has 0 aliphatic carbocycles. The molecule has 0 fully saturated rings. The molecular formula is C18H36N3O5P. The van der Waals surface area contributed by atoms with Crippen LogP contribution in [0.25, 0.3) is 10.4 Å². The van der Waals surface area contributed by atoms with Gasteiger partial charge in [-0.1, -0.05) is 88.4 Å². The van der Waals surface area contributed by atoms with Crippen LogP contribution >= 0.6 is 7.82 Å². The van der Waals surface area contributed by atoms with Crippen molar-refractivity contribution in [2.75, 3.05) is 6.61 Å². The number of phosphoric acid groups is 1. The Morgan fingerprint density at radius 2 is 1.56 bits per heavy atom. The molecule has 0 saturated carbocycles. The summed E-state index contributed by atoms with van der Waals surface area (Å²) in [7, 11) is -4.66. The molecule has 0 spiro atoms. The molecular weight excluding hydrogens is 369 g/mol. The molecule has 158 valence electrons. The third kappa shape index (κ3) is 18.3. The summed E-state index contributed by atoms with van der Waals surface area (Å²) in [5.74, 6) is 0. The first-order valence-corrected chi connectivity index (χ1v) is 11.5. The Balaban J connectivity index is 3.75. The van der Waals surface area contributed by atoms with Gasteiger partial charge in [0.1, 0.15) is 0 Å². The average Bonchev–Trinajstić information content (AvgIpc) is 2.61. The van der Waals surface area contributed by atoms with E-state index in [-0.39, 0.29) is 0 Å². The molecule has 0 saturated heterocycles. The summed E-state index contributed by atoms with van der Waals surface area (Å²) in [5, 5.41) is 13.2. The number of phosphoric ester groups is 1. The normalized spacial score (nSPS) is 14.2. The molecule has 2 atom stereocenters. The highest BCUT2D eigenvalue weighted by Crippen LogP contribution is 2.36. The molecule has 27 heavy (non-hydrogen) atoms. The number of aliphatic hydroxyl groups excluding tert-OH is 1. The van der Waals surface area contributed by atoms with Crippen LogP contribution in [0, 0.1) is 0 Å². The molecule has 0 amide bonds. The molecule has 3 N–H and O–H groups in total. The lowest BCUT2D eigenvalue weighted by atomic mass is 10.0. The topological polar surface area (TPSA) is 136 Å². The molecule has 0 aromatic carbocycles. The Hall–Kier alpha value is -0.880. The summed E-state index contributed by atoms with van der Waals surface area (Å²) in [6.45, 7) is 1.69. The van der Waals surface area contributed by atoms with Gasteiger partial charge in [0.2, 0.25) is 0 Å². The molecule has 9 heteroatoms. The van der Waals surface area contributed by atoms with E-state index in [9.17, 15) is 9.67 Å². The summed E-state index contributed by atoms with van der Waals surface area (Å²) >= 11 is 0. The van der Waals surface area contributed by atoms with Crippen LogP contribution in [0.3, 0.4) is 0 Å². The fraction of sp³-hybridized carbons (Fsp3) is 0.889. The Kier molecular flexibility index (Phi) is 16.7. The SMILES string of the molecule is CCCCCCCCCCCCC/C=C/[C@H](O)[C@@H](COP(=O)(O)O)N=[N+]=[N-]. The molecule has 0 bridgehead atoms. The van der Waals surface area contributed by atoms with Crippen LogP contribution in [0.5, 0.6) is 0 Å². The van der Waals surface area contributed by atoms with E-state index >= 15 is 0 Å². The number of azide groups is 1. The summed E-state index contributed by atoms with van der Waals surface area (Å²) < 4.78 is 15.0. The number of allylic oxidation sites excluding steroid dienone is 1. The summed E-state index contributed by atoms with van der Waals surface area (Å²) in [6, 6.07) is -1.07. The van der Waals surface area contributed by atoms with Crippen molar-refractivity contribution in [1.82, 2.24) is 0 Å². The highest BCUT2D eigenvalue weighted by atomic mass is 31.2. The maximum absolute atomic E-state index is 10.7. The molecule has 0 aromatic heterocycles. The molecule has 0 aliphatic heterocycles. The highest BCUT2D eigenvalue weighted by Gasteiger charge is 2.21. The van der Waals surface area contributed by atoms with Crippen LogP contribution in [-0.4, -0.2) is 33.6 Å². The van der Waals surface area contributed by atoms with E-state index in [0.717, 1.165) is 19.3 Å². The third-order valence-corrected chi connectivity index (χ3v) is 4.80. The smallest absolute Gasteiger partial charge is 0.389 e. The quantitative estimate of drug-likeness (QED) is 0.0701. The van der Waals surface area contributed by atoms with Crippen LogP contribution < -0.4 is 0 Å². The number of hydrogen-bond donors (Lipinski definition) is 3. The first-order chi connectivity index (χ1) is 12.9. The summed E-state index contributed by atoms with van der Waals surface area (Å²) in [6.07, 6.45) is 16.9. The molecule has 8 nitrogen and oxygen atoms in total. The highest BCUT2D eigenvalue weighted by molar-refractivity contribution is 7.46. The second-order valence-corrected chi connectivity index (χ2v) is 8.04. The number of hydrogen-bond acceptors (Lipinski definition) is 4. The lowest BCUT2D eigenvalue weighted by molar-refractivity contribution is 0.129. The van der Waals surface area contributed by atoms with Crippen LogP contribution in [0.2, 0.25) is 0 Å². The Bertz CT molecular complexity index is 478. The van der Waals surface area contributed by atoms with E-state index in [0.29, 0.717) is 0 Å². The zero-order valence-corrected chi connectivity index (χ0v) is 17.3. The summed E-state index contributed by atoms with van der Waals surface area (Å²) in [5.41, 5.74) is 8.47. The second-order valence-electron chi connectivity index (χ2n) is 6.80. The maximum atomic E-state index is 10.7. The van der Waals surface area contributed by atoms with Crippen molar-refractivity contribution in [2.45, 2.75) is 96.1 Å². The maximum Gasteiger partial charge on any atom is 0.469 e. The Labute approximate surface area is 162 Å². The van der Waals surface area contributed by atoms with Crippen molar-refractivity contribution in [1.29, 1.82) is 0 Å². The predicted octanol–water partition coefficient (Wildman–Crippen LogP) is 5.39. The monoisotopic (exact) mass is 405 g/mol. The van der Waals surface area contributed by atoms with Gasteiger partial charge in [-0.05, 0) is 18.4 Å². The van der Waals surface area contributed by atoms with E-state index in [1.807, 2.05) is 0 Å². The van der Waals surface area contributed by atoms with Gasteiger partial charge in [0.15, 0.2) is 0 Å². The van der Waals surface area contributed by atoms with Crippen LogP contribution in [0.1, 0.15) is 84.0 Å². The number of nitrogens with zero attached hydrogens (tertiary/aromatic N) is 3. The van der Waals surface area contributed by atoms with Crippen LogP contribution in [0.4, 0.5) is 0 Å². The van der Waals surface area contributed by atoms with Crippen molar-refractivity contribution < 1.29 is 24.0 Å². The van der Waals surface area contributed by atoms with Crippen molar-refractivity contribution in [3.8, 4) is 0 Å².